The van der Waals surface area contributed by atoms with Gasteiger partial charge in [0.2, 0.25) is 5.91 Å². The molecule has 0 spiro atoms. The number of phenolic OH excluding ortho intramolecular Hbond substituents is 1. The summed E-state index contributed by atoms with van der Waals surface area (Å²) in [4.78, 5) is 17.1. The number of azo groups is 1. The molecule has 4 rings (SSSR count). The van der Waals surface area contributed by atoms with Crippen LogP contribution in [0.15, 0.2) is 80.4 Å². The number of carbonyl (C=O) groups is 1. The van der Waals surface area contributed by atoms with Gasteiger partial charge < -0.3 is 10.4 Å². The Morgan fingerprint density at radius 1 is 1.07 bits per heavy atom. The number of nitrogens with one attached hydrogen (secondary N) is 1. The number of benzodiazepines with no additional fused rings is 1. The summed E-state index contributed by atoms with van der Waals surface area (Å²) in [5.74, 6) is -0.0899. The first-order chi connectivity index (χ1) is 14.4. The summed E-state index contributed by atoms with van der Waals surface area (Å²) in [6, 6.07) is 16.9. The van der Waals surface area contributed by atoms with E-state index in [-0.39, 0.29) is 11.7 Å². The van der Waals surface area contributed by atoms with Crippen LogP contribution in [0.25, 0.3) is 0 Å². The molecule has 0 radical (unpaired) electrons. The molecule has 1 amide bonds. The number of carbonyl (C=O) groups excluding carboxylic acids is 1. The molecule has 0 aromatic heterocycles. The first kappa shape index (κ1) is 20.3. The van der Waals surface area contributed by atoms with E-state index in [0.29, 0.717) is 43.4 Å². The molecule has 1 aliphatic rings. The minimum absolute atomic E-state index is 0.124. The van der Waals surface area contributed by atoms with Gasteiger partial charge in [-0.05, 0) is 59.3 Å². The van der Waals surface area contributed by atoms with E-state index in [2.05, 4.69) is 36.5 Å². The molecule has 150 valence electrons. The standard InChI is InChI=1S/C22H16BrClN4O2/c1-12-22(30)26-18-7-4-8-19(28-27-17-10-9-13(29)11-15(17)23)20(18)21(25-12)14-5-2-3-6-16(14)24/h2-12,29H,1H3,(H,26,30). The Morgan fingerprint density at radius 2 is 1.83 bits per heavy atom. The molecule has 30 heavy (non-hydrogen) atoms. The summed E-state index contributed by atoms with van der Waals surface area (Å²) in [7, 11) is 0. The maximum Gasteiger partial charge on any atom is 0.248 e. The number of phenols is 1. The summed E-state index contributed by atoms with van der Waals surface area (Å²) in [6.07, 6.45) is 0. The average molecular weight is 484 g/mol. The van der Waals surface area contributed by atoms with E-state index in [9.17, 15) is 9.90 Å². The summed E-state index contributed by atoms with van der Waals surface area (Å²) in [6.45, 7) is 1.73. The van der Waals surface area contributed by atoms with E-state index in [1.54, 1.807) is 43.3 Å². The molecule has 1 atom stereocenters. The zero-order valence-corrected chi connectivity index (χ0v) is 18.1. The van der Waals surface area contributed by atoms with E-state index in [1.807, 2.05) is 18.2 Å². The van der Waals surface area contributed by atoms with Crippen molar-refractivity contribution in [3.05, 3.63) is 81.3 Å². The van der Waals surface area contributed by atoms with Crippen molar-refractivity contribution in [3.63, 3.8) is 0 Å². The lowest BCUT2D eigenvalue weighted by Crippen LogP contribution is -2.22. The smallest absolute Gasteiger partial charge is 0.248 e. The number of rotatable bonds is 3. The second-order valence-corrected chi connectivity index (χ2v) is 7.92. The number of nitrogens with zero attached hydrogens (tertiary/aromatic N) is 3. The highest BCUT2D eigenvalue weighted by Crippen LogP contribution is 2.36. The maximum atomic E-state index is 12.5. The molecule has 0 fully saturated rings. The van der Waals surface area contributed by atoms with Crippen molar-refractivity contribution in [3.8, 4) is 5.75 Å². The summed E-state index contributed by atoms with van der Waals surface area (Å²) in [5.41, 5.74) is 3.58. The SMILES string of the molecule is CC1N=C(c2ccccc2Cl)c2c(N=Nc3ccc(O)cc3Br)cccc2NC1=O. The number of anilines is 1. The number of amides is 1. The molecular formula is C22H16BrClN4O2. The molecule has 6 nitrogen and oxygen atoms in total. The lowest BCUT2D eigenvalue weighted by Gasteiger charge is -2.13. The molecule has 0 saturated carbocycles. The van der Waals surface area contributed by atoms with Crippen LogP contribution in [0, 0.1) is 0 Å². The fourth-order valence-electron chi connectivity index (χ4n) is 3.07. The molecule has 3 aromatic carbocycles. The number of hydrogen-bond acceptors (Lipinski definition) is 5. The molecule has 1 unspecified atom stereocenters. The number of hydrogen-bond donors (Lipinski definition) is 2. The minimum atomic E-state index is -0.597. The lowest BCUT2D eigenvalue weighted by molar-refractivity contribution is -0.116. The second kappa shape index (κ2) is 8.38. The number of halogens is 2. The van der Waals surface area contributed by atoms with Crippen LogP contribution in [0.1, 0.15) is 18.1 Å². The van der Waals surface area contributed by atoms with Crippen LogP contribution in [-0.2, 0) is 4.79 Å². The number of aromatic hydroxyl groups is 1. The molecule has 1 heterocycles. The molecule has 1 aliphatic heterocycles. The van der Waals surface area contributed by atoms with Crippen LogP contribution in [0.3, 0.4) is 0 Å². The van der Waals surface area contributed by atoms with Gasteiger partial charge in [-0.1, -0.05) is 35.9 Å². The van der Waals surface area contributed by atoms with E-state index in [4.69, 9.17) is 11.6 Å². The molecule has 0 aliphatic carbocycles. The van der Waals surface area contributed by atoms with Crippen molar-refractivity contribution < 1.29 is 9.90 Å². The third-order valence-corrected chi connectivity index (χ3v) is 5.53. The maximum absolute atomic E-state index is 12.5. The van der Waals surface area contributed by atoms with Crippen molar-refractivity contribution >= 4 is 56.2 Å². The predicted octanol–water partition coefficient (Wildman–Crippen LogP) is 6.40. The quantitative estimate of drug-likeness (QED) is 0.422. The van der Waals surface area contributed by atoms with Crippen molar-refractivity contribution in [2.45, 2.75) is 13.0 Å². The first-order valence-corrected chi connectivity index (χ1v) is 10.3. The summed E-state index contributed by atoms with van der Waals surface area (Å²) < 4.78 is 0.607. The summed E-state index contributed by atoms with van der Waals surface area (Å²) in [5, 5.41) is 21.7. The van der Waals surface area contributed by atoms with Crippen LogP contribution in [-0.4, -0.2) is 22.8 Å². The topological polar surface area (TPSA) is 86.4 Å². The van der Waals surface area contributed by atoms with Gasteiger partial charge in [-0.2, -0.15) is 0 Å². The highest BCUT2D eigenvalue weighted by atomic mass is 79.9. The molecule has 0 bridgehead atoms. The van der Waals surface area contributed by atoms with E-state index in [0.717, 1.165) is 0 Å². The van der Waals surface area contributed by atoms with Crippen LogP contribution < -0.4 is 5.32 Å². The molecule has 3 aromatic rings. The Labute approximate surface area is 186 Å². The zero-order valence-electron chi connectivity index (χ0n) is 15.8. The van der Waals surface area contributed by atoms with Crippen LogP contribution >= 0.6 is 27.5 Å². The lowest BCUT2D eigenvalue weighted by atomic mass is 9.99. The van der Waals surface area contributed by atoms with E-state index < -0.39 is 6.04 Å². The number of benzene rings is 3. The van der Waals surface area contributed by atoms with Crippen molar-refractivity contribution in [1.82, 2.24) is 0 Å². The average Bonchev–Trinajstić information content (AvgIpc) is 2.84. The van der Waals surface area contributed by atoms with Crippen LogP contribution in [0.5, 0.6) is 5.75 Å². The van der Waals surface area contributed by atoms with Gasteiger partial charge >= 0.3 is 0 Å². The van der Waals surface area contributed by atoms with E-state index in [1.165, 1.54) is 6.07 Å². The largest absolute Gasteiger partial charge is 0.508 e. The van der Waals surface area contributed by atoms with Crippen molar-refractivity contribution in [1.29, 1.82) is 0 Å². The van der Waals surface area contributed by atoms with Gasteiger partial charge in [0.1, 0.15) is 17.5 Å². The number of fused-ring (bicyclic) bond motifs is 1. The van der Waals surface area contributed by atoms with E-state index >= 15 is 0 Å². The highest BCUT2D eigenvalue weighted by Gasteiger charge is 2.26. The van der Waals surface area contributed by atoms with Crippen LogP contribution in [0.2, 0.25) is 5.02 Å². The normalized spacial score (nSPS) is 16.0. The van der Waals surface area contributed by atoms with Crippen molar-refractivity contribution in [2.75, 3.05) is 5.32 Å². The fraction of sp³-hybridized carbons (Fsp3) is 0.0909. The number of aliphatic imine (C=N–C) groups is 1. The fourth-order valence-corrected chi connectivity index (χ4v) is 3.74. The Hall–Kier alpha value is -3.03. The first-order valence-electron chi connectivity index (χ1n) is 9.11. The third kappa shape index (κ3) is 3.99. The Balaban J connectivity index is 1.89. The summed E-state index contributed by atoms with van der Waals surface area (Å²) >= 11 is 9.82. The molecular weight excluding hydrogens is 468 g/mol. The monoisotopic (exact) mass is 482 g/mol. The van der Waals surface area contributed by atoms with Gasteiger partial charge in [-0.3, -0.25) is 9.79 Å². The predicted molar refractivity (Wildman–Crippen MR) is 122 cm³/mol. The Kier molecular flexibility index (Phi) is 5.65. The van der Waals surface area contributed by atoms with Gasteiger partial charge in [0.15, 0.2) is 0 Å². The molecule has 2 N–H and O–H groups in total. The second-order valence-electron chi connectivity index (χ2n) is 6.66. The minimum Gasteiger partial charge on any atom is -0.508 e. The van der Waals surface area contributed by atoms with Gasteiger partial charge in [-0.15, -0.1) is 10.2 Å². The van der Waals surface area contributed by atoms with Gasteiger partial charge in [0.05, 0.1) is 22.6 Å². The van der Waals surface area contributed by atoms with Crippen LogP contribution in [0.4, 0.5) is 17.1 Å². The van der Waals surface area contributed by atoms with Crippen molar-refractivity contribution in [2.24, 2.45) is 15.2 Å². The van der Waals surface area contributed by atoms with Gasteiger partial charge in [0, 0.05) is 15.1 Å². The van der Waals surface area contributed by atoms with Gasteiger partial charge in [0.25, 0.3) is 0 Å². The molecule has 0 saturated heterocycles. The zero-order chi connectivity index (χ0) is 21.3. The Morgan fingerprint density at radius 3 is 2.60 bits per heavy atom. The highest BCUT2D eigenvalue weighted by molar-refractivity contribution is 9.10. The Bertz CT molecular complexity index is 1210. The van der Waals surface area contributed by atoms with Gasteiger partial charge in [-0.25, -0.2) is 0 Å². The third-order valence-electron chi connectivity index (χ3n) is 4.57. The molecule has 8 heteroatoms.